The molecular formula is C10H11ClN6O2S. The molecule has 0 bridgehead atoms. The number of nitrogens with zero attached hydrogens (tertiary/aromatic N) is 5. The van der Waals surface area contributed by atoms with E-state index in [-0.39, 0.29) is 23.0 Å². The summed E-state index contributed by atoms with van der Waals surface area (Å²) in [6, 6.07) is 0.373. The van der Waals surface area contributed by atoms with Crippen molar-refractivity contribution in [3.63, 3.8) is 0 Å². The SMILES string of the molecule is CCOc1nc(Cl)nc(Sc2n[nH]c(=O)n2C2CC2)n1. The Kier molecular flexibility index (Phi) is 3.62. The fourth-order valence-electron chi connectivity index (χ4n) is 1.65. The number of H-pyrrole nitrogens is 1. The third kappa shape index (κ3) is 2.78. The van der Waals surface area contributed by atoms with Gasteiger partial charge in [-0.3, -0.25) is 4.57 Å². The lowest BCUT2D eigenvalue weighted by atomic mass is 10.7. The van der Waals surface area contributed by atoms with Crippen LogP contribution < -0.4 is 10.4 Å². The zero-order valence-corrected chi connectivity index (χ0v) is 12.1. The minimum Gasteiger partial charge on any atom is -0.464 e. The summed E-state index contributed by atoms with van der Waals surface area (Å²) in [7, 11) is 0. The average Bonchev–Trinajstić information content (AvgIpc) is 3.15. The Labute approximate surface area is 122 Å². The van der Waals surface area contributed by atoms with Crippen molar-refractivity contribution in [2.24, 2.45) is 0 Å². The maximum atomic E-state index is 11.7. The molecule has 1 saturated carbocycles. The predicted molar refractivity (Wildman–Crippen MR) is 71.2 cm³/mol. The van der Waals surface area contributed by atoms with Crippen LogP contribution in [0.4, 0.5) is 0 Å². The van der Waals surface area contributed by atoms with Gasteiger partial charge in [-0.1, -0.05) is 0 Å². The first-order valence-corrected chi connectivity index (χ1v) is 7.26. The molecule has 2 aromatic heterocycles. The van der Waals surface area contributed by atoms with Crippen LogP contribution in [0.2, 0.25) is 5.28 Å². The van der Waals surface area contributed by atoms with Gasteiger partial charge >= 0.3 is 11.7 Å². The minimum atomic E-state index is -0.222. The lowest BCUT2D eigenvalue weighted by Gasteiger charge is -2.04. The predicted octanol–water partition coefficient (Wildman–Crippen LogP) is 1.29. The van der Waals surface area contributed by atoms with Crippen LogP contribution in [0.25, 0.3) is 0 Å². The highest BCUT2D eigenvalue weighted by molar-refractivity contribution is 7.99. The van der Waals surface area contributed by atoms with Crippen LogP contribution in [0.5, 0.6) is 6.01 Å². The molecule has 3 rings (SSSR count). The van der Waals surface area contributed by atoms with Crippen molar-refractivity contribution in [2.45, 2.75) is 36.1 Å². The van der Waals surface area contributed by atoms with Crippen molar-refractivity contribution in [1.29, 1.82) is 0 Å². The summed E-state index contributed by atoms with van der Waals surface area (Å²) in [5.41, 5.74) is -0.222. The molecule has 10 heteroatoms. The van der Waals surface area contributed by atoms with E-state index in [1.807, 2.05) is 6.92 Å². The van der Waals surface area contributed by atoms with E-state index in [0.717, 1.165) is 24.6 Å². The van der Waals surface area contributed by atoms with Gasteiger partial charge in [0.1, 0.15) is 0 Å². The Hall–Kier alpha value is -1.61. The molecule has 0 atom stereocenters. The number of nitrogens with one attached hydrogen (secondary N) is 1. The molecule has 2 heterocycles. The van der Waals surface area contributed by atoms with Crippen molar-refractivity contribution < 1.29 is 4.74 Å². The number of hydrogen-bond acceptors (Lipinski definition) is 7. The van der Waals surface area contributed by atoms with Crippen LogP contribution in [0.3, 0.4) is 0 Å². The molecule has 1 aliphatic rings. The van der Waals surface area contributed by atoms with E-state index < -0.39 is 0 Å². The van der Waals surface area contributed by atoms with Crippen LogP contribution in [-0.4, -0.2) is 36.3 Å². The van der Waals surface area contributed by atoms with E-state index in [2.05, 4.69) is 25.1 Å². The lowest BCUT2D eigenvalue weighted by molar-refractivity contribution is 0.307. The monoisotopic (exact) mass is 314 g/mol. The van der Waals surface area contributed by atoms with E-state index in [1.54, 1.807) is 4.57 Å². The second-order valence-electron chi connectivity index (χ2n) is 4.12. The molecule has 20 heavy (non-hydrogen) atoms. The zero-order valence-electron chi connectivity index (χ0n) is 10.5. The third-order valence-electron chi connectivity index (χ3n) is 2.61. The van der Waals surface area contributed by atoms with Gasteiger partial charge in [0.2, 0.25) is 10.4 Å². The van der Waals surface area contributed by atoms with Gasteiger partial charge in [-0.05, 0) is 43.1 Å². The van der Waals surface area contributed by atoms with Gasteiger partial charge in [-0.2, -0.15) is 15.0 Å². The Morgan fingerprint density at radius 2 is 2.25 bits per heavy atom. The van der Waals surface area contributed by atoms with Crippen molar-refractivity contribution in [3.8, 4) is 6.01 Å². The molecule has 8 nitrogen and oxygen atoms in total. The van der Waals surface area contributed by atoms with E-state index in [9.17, 15) is 4.79 Å². The first-order chi connectivity index (χ1) is 9.67. The molecule has 0 unspecified atom stereocenters. The number of rotatable bonds is 5. The van der Waals surface area contributed by atoms with Gasteiger partial charge in [-0.25, -0.2) is 9.89 Å². The summed E-state index contributed by atoms with van der Waals surface area (Å²) in [5, 5.41) is 7.32. The lowest BCUT2D eigenvalue weighted by Crippen LogP contribution is -2.16. The molecule has 1 N–H and O–H groups in total. The molecule has 2 aromatic rings. The molecule has 0 saturated heterocycles. The molecule has 0 spiro atoms. The Morgan fingerprint density at radius 3 is 2.95 bits per heavy atom. The summed E-state index contributed by atoms with van der Waals surface area (Å²) < 4.78 is 6.82. The molecule has 0 aliphatic heterocycles. The average molecular weight is 315 g/mol. The standard InChI is InChI=1S/C10H11ClN6O2S/c1-2-19-7-12-6(11)13-8(14-7)20-10-16-15-9(18)17(10)5-3-4-5/h5H,2-4H2,1H3,(H,15,18). The number of halogens is 1. The maximum absolute atomic E-state index is 11.7. The van der Waals surface area contributed by atoms with Crippen molar-refractivity contribution in [1.82, 2.24) is 29.7 Å². The van der Waals surface area contributed by atoms with E-state index in [0.29, 0.717) is 16.9 Å². The second kappa shape index (κ2) is 5.41. The number of aromatic amines is 1. The normalized spacial score (nSPS) is 14.5. The highest BCUT2D eigenvalue weighted by atomic mass is 35.5. The van der Waals surface area contributed by atoms with Crippen LogP contribution in [0, 0.1) is 0 Å². The summed E-state index contributed by atoms with van der Waals surface area (Å²) in [6.45, 7) is 2.25. The highest BCUT2D eigenvalue weighted by Crippen LogP contribution is 2.37. The highest BCUT2D eigenvalue weighted by Gasteiger charge is 2.29. The minimum absolute atomic E-state index is 0.0433. The van der Waals surface area contributed by atoms with Gasteiger partial charge in [0.15, 0.2) is 5.16 Å². The van der Waals surface area contributed by atoms with E-state index >= 15 is 0 Å². The fraction of sp³-hybridized carbons (Fsp3) is 0.500. The molecule has 0 radical (unpaired) electrons. The quantitative estimate of drug-likeness (QED) is 0.887. The van der Waals surface area contributed by atoms with Gasteiger partial charge in [-0.15, -0.1) is 5.10 Å². The van der Waals surface area contributed by atoms with E-state index in [1.165, 1.54) is 0 Å². The van der Waals surface area contributed by atoms with Crippen molar-refractivity contribution in [3.05, 3.63) is 15.8 Å². The summed E-state index contributed by atoms with van der Waals surface area (Å²) in [4.78, 5) is 23.6. The van der Waals surface area contributed by atoms with Crippen molar-refractivity contribution in [2.75, 3.05) is 6.61 Å². The van der Waals surface area contributed by atoms with Gasteiger partial charge in [0.05, 0.1) is 6.61 Å². The Bertz CT molecular complexity index is 683. The molecule has 1 aliphatic carbocycles. The number of ether oxygens (including phenoxy) is 1. The number of hydrogen-bond donors (Lipinski definition) is 1. The fourth-order valence-corrected chi connectivity index (χ4v) is 2.70. The second-order valence-corrected chi connectivity index (χ2v) is 5.39. The van der Waals surface area contributed by atoms with Gasteiger partial charge in [0.25, 0.3) is 0 Å². The van der Waals surface area contributed by atoms with Crippen LogP contribution in [0.15, 0.2) is 15.1 Å². The third-order valence-corrected chi connectivity index (χ3v) is 3.61. The molecule has 0 amide bonds. The largest absolute Gasteiger partial charge is 0.464 e. The first kappa shape index (κ1) is 13.4. The van der Waals surface area contributed by atoms with Gasteiger partial charge in [0, 0.05) is 6.04 Å². The molecule has 0 aromatic carbocycles. The topological polar surface area (TPSA) is 98.6 Å². The van der Waals surface area contributed by atoms with Crippen LogP contribution in [-0.2, 0) is 0 Å². The zero-order chi connectivity index (χ0) is 14.1. The molecule has 1 fully saturated rings. The van der Waals surface area contributed by atoms with Crippen LogP contribution in [0.1, 0.15) is 25.8 Å². The number of aromatic nitrogens is 6. The first-order valence-electron chi connectivity index (χ1n) is 6.06. The van der Waals surface area contributed by atoms with Crippen molar-refractivity contribution >= 4 is 23.4 Å². The summed E-state index contributed by atoms with van der Waals surface area (Å²) >= 11 is 6.97. The Balaban J connectivity index is 1.89. The summed E-state index contributed by atoms with van der Waals surface area (Å²) in [5.74, 6) is 0. The molecule has 106 valence electrons. The summed E-state index contributed by atoms with van der Waals surface area (Å²) in [6.07, 6.45) is 1.96. The smallest absolute Gasteiger partial charge is 0.344 e. The Morgan fingerprint density at radius 1 is 1.45 bits per heavy atom. The van der Waals surface area contributed by atoms with E-state index in [4.69, 9.17) is 16.3 Å². The molecular weight excluding hydrogens is 304 g/mol. The van der Waals surface area contributed by atoms with Gasteiger partial charge < -0.3 is 4.74 Å². The maximum Gasteiger partial charge on any atom is 0.344 e. The van der Waals surface area contributed by atoms with Crippen LogP contribution >= 0.6 is 23.4 Å².